The van der Waals surface area contributed by atoms with Crippen LogP contribution in [0.3, 0.4) is 0 Å². The van der Waals surface area contributed by atoms with Gasteiger partial charge in [0.05, 0.1) is 21.1 Å². The monoisotopic (exact) mass is 449 g/mol. The first-order valence-electron chi connectivity index (χ1n) is 8.58. The Balaban J connectivity index is 2.26. The molecule has 2 aromatic rings. The smallest absolute Gasteiger partial charge is 0.289 e. The van der Waals surface area contributed by atoms with Gasteiger partial charge in [-0.25, -0.2) is 0 Å². The molecule has 156 valence electrons. The lowest BCUT2D eigenvalue weighted by Crippen LogP contribution is -2.28. The molecule has 0 fully saturated rings. The number of aryl methyl sites for hydroxylation is 1. The molecule has 1 aliphatic heterocycles. The standard InChI is InChI=1S/C19H16ClN3O6S/c1-10-4-7-16(30(27,28)29)14(8-10)19(3)17(11(2)21-22-19)18(24)13-6-5-12(20)9-15(13)23(25)26/h4-9H,1-3H3,(H,27,28,29). The van der Waals surface area contributed by atoms with E-state index in [9.17, 15) is 27.9 Å². The number of nitrogens with zero attached hydrogens (tertiary/aromatic N) is 3. The van der Waals surface area contributed by atoms with Gasteiger partial charge in [-0.15, -0.1) is 0 Å². The highest BCUT2D eigenvalue weighted by Crippen LogP contribution is 2.45. The Morgan fingerprint density at radius 3 is 2.47 bits per heavy atom. The lowest BCUT2D eigenvalue weighted by molar-refractivity contribution is -0.385. The zero-order chi connectivity index (χ0) is 22.4. The van der Waals surface area contributed by atoms with Gasteiger partial charge in [0.2, 0.25) is 5.78 Å². The van der Waals surface area contributed by atoms with E-state index in [-0.39, 0.29) is 27.4 Å². The number of halogens is 1. The molecule has 2 aromatic carbocycles. The summed E-state index contributed by atoms with van der Waals surface area (Å²) in [5, 5.41) is 19.6. The Labute approximate surface area is 177 Å². The molecule has 1 heterocycles. The molecule has 0 saturated carbocycles. The second-order valence-electron chi connectivity index (χ2n) is 6.96. The summed E-state index contributed by atoms with van der Waals surface area (Å²) in [7, 11) is -4.65. The Bertz CT molecular complexity index is 1270. The molecule has 1 unspecified atom stereocenters. The lowest BCUT2D eigenvalue weighted by atomic mass is 9.80. The number of carbonyl (C=O) groups excluding carboxylic acids is 1. The largest absolute Gasteiger partial charge is 0.294 e. The Morgan fingerprint density at radius 1 is 1.20 bits per heavy atom. The van der Waals surface area contributed by atoms with Gasteiger partial charge < -0.3 is 0 Å². The van der Waals surface area contributed by atoms with Gasteiger partial charge in [-0.05, 0) is 39.0 Å². The van der Waals surface area contributed by atoms with E-state index in [0.29, 0.717) is 5.56 Å². The predicted octanol–water partition coefficient (Wildman–Crippen LogP) is 4.64. The molecule has 11 heteroatoms. The van der Waals surface area contributed by atoms with Gasteiger partial charge in [0, 0.05) is 16.7 Å². The van der Waals surface area contributed by atoms with Crippen LogP contribution in [0.2, 0.25) is 5.02 Å². The number of hydrogen-bond donors (Lipinski definition) is 1. The fourth-order valence-corrected chi connectivity index (χ4v) is 4.37. The summed E-state index contributed by atoms with van der Waals surface area (Å²) in [5.41, 5.74) is -1.50. The Morgan fingerprint density at radius 2 is 1.87 bits per heavy atom. The zero-order valence-electron chi connectivity index (χ0n) is 16.1. The third kappa shape index (κ3) is 3.64. The van der Waals surface area contributed by atoms with Crippen molar-refractivity contribution >= 4 is 33.2 Å². The minimum absolute atomic E-state index is 0.0329. The Hall–Kier alpha value is -2.95. The van der Waals surface area contributed by atoms with Crippen LogP contribution >= 0.6 is 11.6 Å². The maximum atomic E-state index is 13.4. The second-order valence-corrected chi connectivity index (χ2v) is 8.78. The van der Waals surface area contributed by atoms with Gasteiger partial charge in [-0.1, -0.05) is 29.3 Å². The molecule has 0 saturated heterocycles. The average molecular weight is 450 g/mol. The van der Waals surface area contributed by atoms with Crippen molar-refractivity contribution in [1.82, 2.24) is 0 Å². The summed E-state index contributed by atoms with van der Waals surface area (Å²) in [6, 6.07) is 7.80. The molecular weight excluding hydrogens is 434 g/mol. The highest BCUT2D eigenvalue weighted by molar-refractivity contribution is 7.85. The molecule has 1 aliphatic rings. The van der Waals surface area contributed by atoms with E-state index < -0.39 is 36.9 Å². The molecule has 0 aromatic heterocycles. The van der Waals surface area contributed by atoms with Gasteiger partial charge in [0.25, 0.3) is 15.8 Å². The van der Waals surface area contributed by atoms with E-state index in [2.05, 4.69) is 10.2 Å². The number of rotatable bonds is 5. The number of Topliss-reactive ketones (excluding diaryl/α,β-unsaturated/α-hetero) is 1. The van der Waals surface area contributed by atoms with E-state index in [1.807, 2.05) is 0 Å². The fraction of sp³-hybridized carbons (Fsp3) is 0.211. The van der Waals surface area contributed by atoms with Crippen LogP contribution in [0.4, 0.5) is 5.69 Å². The summed E-state index contributed by atoms with van der Waals surface area (Å²) in [5.74, 6) is -0.744. The summed E-state index contributed by atoms with van der Waals surface area (Å²) >= 11 is 5.83. The van der Waals surface area contributed by atoms with Crippen LogP contribution in [0.1, 0.15) is 35.3 Å². The van der Waals surface area contributed by atoms with Gasteiger partial charge in [0.1, 0.15) is 11.1 Å². The van der Waals surface area contributed by atoms with E-state index in [4.69, 9.17) is 11.6 Å². The summed E-state index contributed by atoms with van der Waals surface area (Å²) in [6.07, 6.45) is 0. The van der Waals surface area contributed by atoms with Crippen molar-refractivity contribution < 1.29 is 22.7 Å². The molecule has 30 heavy (non-hydrogen) atoms. The molecular formula is C19H16ClN3O6S. The van der Waals surface area contributed by atoms with Gasteiger partial charge >= 0.3 is 0 Å². The summed E-state index contributed by atoms with van der Waals surface area (Å²) in [6.45, 7) is 4.66. The van der Waals surface area contributed by atoms with Crippen molar-refractivity contribution in [3.05, 3.63) is 79.5 Å². The first-order valence-corrected chi connectivity index (χ1v) is 10.4. The molecule has 1 N–H and O–H groups in total. The molecule has 1 atom stereocenters. The van der Waals surface area contributed by atoms with Crippen molar-refractivity contribution in [2.45, 2.75) is 31.2 Å². The topological polar surface area (TPSA) is 139 Å². The predicted molar refractivity (Wildman–Crippen MR) is 108 cm³/mol. The average Bonchev–Trinajstić information content (AvgIpc) is 2.95. The van der Waals surface area contributed by atoms with Crippen molar-refractivity contribution in [3.63, 3.8) is 0 Å². The van der Waals surface area contributed by atoms with Crippen LogP contribution < -0.4 is 0 Å². The third-order valence-electron chi connectivity index (χ3n) is 4.81. The minimum Gasteiger partial charge on any atom is -0.289 e. The number of allylic oxidation sites excluding steroid dienone is 1. The minimum atomic E-state index is -4.65. The Kier molecular flexibility index (Phi) is 5.35. The van der Waals surface area contributed by atoms with Gasteiger partial charge in [0.15, 0.2) is 0 Å². The van der Waals surface area contributed by atoms with Crippen LogP contribution in [-0.4, -0.2) is 23.7 Å². The molecule has 9 nitrogen and oxygen atoms in total. The van der Waals surface area contributed by atoms with Crippen molar-refractivity contribution in [1.29, 1.82) is 0 Å². The first-order chi connectivity index (χ1) is 13.9. The number of azo groups is 1. The number of ketones is 1. The fourth-order valence-electron chi connectivity index (χ4n) is 3.43. The maximum Gasteiger partial charge on any atom is 0.294 e. The molecule has 0 bridgehead atoms. The van der Waals surface area contributed by atoms with Crippen molar-refractivity contribution in [3.8, 4) is 0 Å². The zero-order valence-corrected chi connectivity index (χ0v) is 17.7. The summed E-state index contributed by atoms with van der Waals surface area (Å²) < 4.78 is 33.6. The molecule has 0 spiro atoms. The van der Waals surface area contributed by atoms with E-state index in [1.54, 1.807) is 6.92 Å². The lowest BCUT2D eigenvalue weighted by Gasteiger charge is -2.25. The molecule has 3 rings (SSSR count). The quantitative estimate of drug-likeness (QED) is 0.305. The number of nitro benzene ring substituents is 1. The van der Waals surface area contributed by atoms with Crippen LogP contribution in [0.15, 0.2) is 62.8 Å². The number of benzene rings is 2. The number of hydrogen-bond acceptors (Lipinski definition) is 7. The van der Waals surface area contributed by atoms with Gasteiger partial charge in [-0.2, -0.15) is 18.6 Å². The SMILES string of the molecule is CC1=C(C(=O)c2ccc(Cl)cc2[N+](=O)[O-])C(C)(c2cc(C)ccc2S(=O)(=O)O)N=N1. The third-order valence-corrected chi connectivity index (χ3v) is 5.96. The maximum absolute atomic E-state index is 13.4. The van der Waals surface area contributed by atoms with Crippen LogP contribution in [0.5, 0.6) is 0 Å². The van der Waals surface area contributed by atoms with Crippen LogP contribution in [0.25, 0.3) is 0 Å². The normalized spacial score (nSPS) is 18.7. The summed E-state index contributed by atoms with van der Waals surface area (Å²) in [4.78, 5) is 23.7. The highest BCUT2D eigenvalue weighted by Gasteiger charge is 2.45. The molecule has 0 radical (unpaired) electrons. The number of nitro groups is 1. The number of carbonyl (C=O) groups is 1. The van der Waals surface area contributed by atoms with E-state index in [0.717, 1.165) is 6.07 Å². The first kappa shape index (κ1) is 21.8. The second kappa shape index (κ2) is 7.38. The molecule has 0 amide bonds. The van der Waals surface area contributed by atoms with Gasteiger partial charge in [-0.3, -0.25) is 19.5 Å². The highest BCUT2D eigenvalue weighted by atomic mass is 35.5. The van der Waals surface area contributed by atoms with Crippen LogP contribution in [0, 0.1) is 17.0 Å². The molecule has 0 aliphatic carbocycles. The van der Waals surface area contributed by atoms with Crippen LogP contribution in [-0.2, 0) is 15.7 Å². The van der Waals surface area contributed by atoms with Crippen molar-refractivity contribution in [2.75, 3.05) is 0 Å². The van der Waals surface area contributed by atoms with E-state index >= 15 is 0 Å². The van der Waals surface area contributed by atoms with E-state index in [1.165, 1.54) is 44.2 Å². The van der Waals surface area contributed by atoms with Crippen molar-refractivity contribution in [2.24, 2.45) is 10.2 Å².